The molecule has 0 bridgehead atoms. The summed E-state index contributed by atoms with van der Waals surface area (Å²) in [6, 6.07) is 2.16. The second kappa shape index (κ2) is 6.97. The van der Waals surface area contributed by atoms with Crippen molar-refractivity contribution in [3.63, 3.8) is 0 Å². The van der Waals surface area contributed by atoms with Crippen LogP contribution in [0.2, 0.25) is 0 Å². The van der Waals surface area contributed by atoms with Crippen LogP contribution < -0.4 is 5.32 Å². The summed E-state index contributed by atoms with van der Waals surface area (Å²) in [7, 11) is -0.759. The van der Waals surface area contributed by atoms with Crippen LogP contribution in [0.5, 0.6) is 0 Å². The minimum atomic E-state index is -0.759. The van der Waals surface area contributed by atoms with Crippen molar-refractivity contribution in [1.29, 1.82) is 5.26 Å². The molecule has 0 fully saturated rings. The quantitative estimate of drug-likeness (QED) is 0.724. The Morgan fingerprint density at radius 1 is 1.53 bits per heavy atom. The van der Waals surface area contributed by atoms with Crippen LogP contribution in [0.3, 0.4) is 0 Å². The lowest BCUT2D eigenvalue weighted by molar-refractivity contribution is 0.319. The Balaban J connectivity index is 3.75. The number of hydrogen-bond donors (Lipinski definition) is 1. The van der Waals surface area contributed by atoms with Crippen molar-refractivity contribution in [1.82, 2.24) is 5.32 Å². The molecule has 0 aliphatic heterocycles. The first-order valence-electron chi connectivity index (χ1n) is 5.29. The van der Waals surface area contributed by atoms with E-state index in [1.54, 1.807) is 6.26 Å². The predicted molar refractivity (Wildman–Crippen MR) is 65.0 cm³/mol. The number of nitriles is 1. The molecule has 0 amide bonds. The molecule has 0 saturated carbocycles. The number of hydrogen-bond acceptors (Lipinski definition) is 3. The summed E-state index contributed by atoms with van der Waals surface area (Å²) in [4.78, 5) is 0. The highest BCUT2D eigenvalue weighted by Crippen LogP contribution is 2.20. The molecule has 2 unspecified atom stereocenters. The van der Waals surface area contributed by atoms with Crippen LogP contribution in [0.15, 0.2) is 0 Å². The highest BCUT2D eigenvalue weighted by molar-refractivity contribution is 7.84. The lowest BCUT2D eigenvalue weighted by atomic mass is 9.88. The molecule has 0 aromatic rings. The molecule has 15 heavy (non-hydrogen) atoms. The SMILES string of the molecule is CC(CNCC(C)(C)CCC#N)S(C)=O. The van der Waals surface area contributed by atoms with Gasteiger partial charge in [0.1, 0.15) is 0 Å². The van der Waals surface area contributed by atoms with Gasteiger partial charge in [-0.15, -0.1) is 0 Å². The Kier molecular flexibility index (Phi) is 6.78. The van der Waals surface area contributed by atoms with E-state index >= 15 is 0 Å². The standard InChI is InChI=1S/C11H22N2OS/c1-10(15(4)14)8-13-9-11(2,3)6-5-7-12/h10,13H,5-6,8-9H2,1-4H3. The lowest BCUT2D eigenvalue weighted by Crippen LogP contribution is -2.35. The molecule has 0 rings (SSSR count). The largest absolute Gasteiger partial charge is 0.315 e. The molecule has 2 atom stereocenters. The summed E-state index contributed by atoms with van der Waals surface area (Å²) in [6.45, 7) is 7.91. The van der Waals surface area contributed by atoms with Gasteiger partial charge in [-0.2, -0.15) is 5.26 Å². The van der Waals surface area contributed by atoms with E-state index in [0.29, 0.717) is 6.42 Å². The van der Waals surface area contributed by atoms with Gasteiger partial charge in [0.15, 0.2) is 0 Å². The Bertz CT molecular complexity index is 245. The van der Waals surface area contributed by atoms with Gasteiger partial charge >= 0.3 is 0 Å². The average molecular weight is 230 g/mol. The minimum absolute atomic E-state index is 0.144. The van der Waals surface area contributed by atoms with Crippen LogP contribution in [0.1, 0.15) is 33.6 Å². The summed E-state index contributed by atoms with van der Waals surface area (Å²) < 4.78 is 11.1. The molecule has 0 aromatic heterocycles. The van der Waals surface area contributed by atoms with Gasteiger partial charge in [-0.05, 0) is 18.8 Å². The van der Waals surface area contributed by atoms with Crippen LogP contribution >= 0.6 is 0 Å². The van der Waals surface area contributed by atoms with Crippen molar-refractivity contribution in [2.45, 2.75) is 38.9 Å². The van der Waals surface area contributed by atoms with Gasteiger partial charge in [-0.1, -0.05) is 13.8 Å². The Hall–Kier alpha value is -0.400. The van der Waals surface area contributed by atoms with Crippen molar-refractivity contribution in [2.75, 3.05) is 19.3 Å². The summed E-state index contributed by atoms with van der Waals surface area (Å²) in [5.74, 6) is 0. The summed E-state index contributed by atoms with van der Waals surface area (Å²) >= 11 is 0. The third kappa shape index (κ3) is 7.52. The molecule has 0 saturated heterocycles. The molecule has 0 radical (unpaired) electrons. The second-order valence-electron chi connectivity index (χ2n) is 4.76. The van der Waals surface area contributed by atoms with Crippen molar-refractivity contribution in [2.24, 2.45) is 5.41 Å². The zero-order chi connectivity index (χ0) is 11.9. The van der Waals surface area contributed by atoms with Gasteiger partial charge in [-0.25, -0.2) is 0 Å². The fourth-order valence-electron chi connectivity index (χ4n) is 1.21. The van der Waals surface area contributed by atoms with Crippen molar-refractivity contribution in [3.05, 3.63) is 0 Å². The fraction of sp³-hybridized carbons (Fsp3) is 0.909. The zero-order valence-electron chi connectivity index (χ0n) is 10.2. The summed E-state index contributed by atoms with van der Waals surface area (Å²) in [6.07, 6.45) is 3.23. The van der Waals surface area contributed by atoms with Crippen LogP contribution in [-0.2, 0) is 10.8 Å². The Morgan fingerprint density at radius 2 is 2.13 bits per heavy atom. The van der Waals surface area contributed by atoms with Crippen molar-refractivity contribution in [3.8, 4) is 6.07 Å². The Labute approximate surface area is 95.7 Å². The zero-order valence-corrected chi connectivity index (χ0v) is 11.0. The third-order valence-corrected chi connectivity index (χ3v) is 3.82. The van der Waals surface area contributed by atoms with E-state index in [0.717, 1.165) is 19.5 Å². The number of nitrogens with one attached hydrogen (secondary N) is 1. The van der Waals surface area contributed by atoms with Crippen LogP contribution in [0.4, 0.5) is 0 Å². The minimum Gasteiger partial charge on any atom is -0.315 e. The number of rotatable bonds is 7. The molecule has 4 heteroatoms. The van der Waals surface area contributed by atoms with Crippen molar-refractivity contribution >= 4 is 10.8 Å². The highest BCUT2D eigenvalue weighted by Gasteiger charge is 2.17. The molecule has 0 aliphatic rings. The van der Waals surface area contributed by atoms with Crippen LogP contribution in [0.25, 0.3) is 0 Å². The van der Waals surface area contributed by atoms with Gasteiger partial charge in [0, 0.05) is 41.8 Å². The molecular formula is C11H22N2OS. The Morgan fingerprint density at radius 3 is 2.60 bits per heavy atom. The van der Waals surface area contributed by atoms with Gasteiger partial charge in [-0.3, -0.25) is 4.21 Å². The van der Waals surface area contributed by atoms with Gasteiger partial charge in [0.25, 0.3) is 0 Å². The smallest absolute Gasteiger partial charge is 0.0621 e. The molecule has 0 spiro atoms. The van der Waals surface area contributed by atoms with E-state index in [2.05, 4.69) is 25.2 Å². The monoisotopic (exact) mass is 230 g/mol. The van der Waals surface area contributed by atoms with E-state index in [1.807, 2.05) is 6.92 Å². The summed E-state index contributed by atoms with van der Waals surface area (Å²) in [5.41, 5.74) is 0.144. The molecule has 1 N–H and O–H groups in total. The van der Waals surface area contributed by atoms with E-state index in [-0.39, 0.29) is 10.7 Å². The maximum absolute atomic E-state index is 11.1. The second-order valence-corrected chi connectivity index (χ2v) is 6.56. The lowest BCUT2D eigenvalue weighted by Gasteiger charge is -2.24. The van der Waals surface area contributed by atoms with Crippen LogP contribution in [-0.4, -0.2) is 28.8 Å². The first-order valence-corrected chi connectivity index (χ1v) is 6.91. The molecule has 0 heterocycles. The molecular weight excluding hydrogens is 208 g/mol. The van der Waals surface area contributed by atoms with E-state index in [4.69, 9.17) is 5.26 Å². The predicted octanol–water partition coefficient (Wildman–Crippen LogP) is 1.67. The molecule has 0 aromatic carbocycles. The third-order valence-electron chi connectivity index (χ3n) is 2.52. The van der Waals surface area contributed by atoms with E-state index < -0.39 is 10.8 Å². The number of nitrogens with zero attached hydrogens (tertiary/aromatic N) is 1. The summed E-state index contributed by atoms with van der Waals surface area (Å²) in [5, 5.41) is 12.0. The van der Waals surface area contributed by atoms with E-state index in [9.17, 15) is 4.21 Å². The van der Waals surface area contributed by atoms with Crippen molar-refractivity contribution < 1.29 is 4.21 Å². The first-order chi connectivity index (χ1) is 6.89. The normalized spacial score (nSPS) is 15.7. The van der Waals surface area contributed by atoms with Gasteiger partial charge in [0.2, 0.25) is 0 Å². The molecule has 3 nitrogen and oxygen atoms in total. The molecule has 88 valence electrons. The maximum atomic E-state index is 11.1. The first kappa shape index (κ1) is 14.6. The fourth-order valence-corrected chi connectivity index (χ4v) is 1.57. The maximum Gasteiger partial charge on any atom is 0.0621 e. The molecule has 0 aliphatic carbocycles. The average Bonchev–Trinajstić information content (AvgIpc) is 2.14. The van der Waals surface area contributed by atoms with E-state index in [1.165, 1.54) is 0 Å². The van der Waals surface area contributed by atoms with Gasteiger partial charge in [0.05, 0.1) is 6.07 Å². The highest BCUT2D eigenvalue weighted by atomic mass is 32.2. The topological polar surface area (TPSA) is 52.9 Å². The van der Waals surface area contributed by atoms with Gasteiger partial charge < -0.3 is 5.32 Å². The van der Waals surface area contributed by atoms with Crippen LogP contribution in [0, 0.1) is 16.7 Å².